The Labute approximate surface area is 160 Å². The molecule has 0 unspecified atom stereocenters. The minimum absolute atomic E-state index is 0.00999. The quantitative estimate of drug-likeness (QED) is 0.336. The molecular formula is C19H18N2O7. The summed E-state index contributed by atoms with van der Waals surface area (Å²) in [4.78, 5) is 45.6. The lowest BCUT2D eigenvalue weighted by Gasteiger charge is -2.15. The Morgan fingerprint density at radius 3 is 2.21 bits per heavy atom. The van der Waals surface area contributed by atoms with Gasteiger partial charge in [-0.15, -0.1) is 0 Å². The molecule has 0 aliphatic heterocycles. The number of amides is 1. The summed E-state index contributed by atoms with van der Waals surface area (Å²) >= 11 is 0. The number of nitro groups is 1. The number of benzene rings is 2. The molecule has 2 aromatic rings. The van der Waals surface area contributed by atoms with Crippen molar-refractivity contribution in [3.05, 3.63) is 63.7 Å². The monoisotopic (exact) mass is 386 g/mol. The van der Waals surface area contributed by atoms with Gasteiger partial charge in [-0.3, -0.25) is 19.7 Å². The molecule has 2 aromatic carbocycles. The number of carbonyl (C=O) groups excluding carboxylic acids is 3. The third-order valence-electron chi connectivity index (χ3n) is 3.81. The maximum Gasteiger partial charge on any atom is 0.338 e. The molecule has 28 heavy (non-hydrogen) atoms. The molecular weight excluding hydrogens is 368 g/mol. The first-order chi connectivity index (χ1) is 13.2. The zero-order valence-electron chi connectivity index (χ0n) is 15.4. The fraction of sp³-hybridized carbons (Fsp3) is 0.211. The van der Waals surface area contributed by atoms with Gasteiger partial charge in [0.1, 0.15) is 0 Å². The normalized spacial score (nSPS) is 11.2. The van der Waals surface area contributed by atoms with Gasteiger partial charge in [-0.25, -0.2) is 4.79 Å². The lowest BCUT2D eigenvalue weighted by molar-refractivity contribution is -0.386. The molecule has 0 fully saturated rings. The summed E-state index contributed by atoms with van der Waals surface area (Å²) in [7, 11) is 1.16. The number of carbonyl (C=O) groups is 3. The first-order valence-corrected chi connectivity index (χ1v) is 8.18. The second kappa shape index (κ2) is 8.76. The highest BCUT2D eigenvalue weighted by Gasteiger charge is 2.23. The van der Waals surface area contributed by atoms with Gasteiger partial charge in [-0.2, -0.15) is 0 Å². The van der Waals surface area contributed by atoms with E-state index in [9.17, 15) is 24.5 Å². The highest BCUT2D eigenvalue weighted by Crippen LogP contribution is 2.29. The van der Waals surface area contributed by atoms with Gasteiger partial charge in [0.05, 0.1) is 17.6 Å². The van der Waals surface area contributed by atoms with Crippen molar-refractivity contribution in [2.75, 3.05) is 12.4 Å². The van der Waals surface area contributed by atoms with Crippen LogP contribution in [0.25, 0.3) is 0 Å². The van der Waals surface area contributed by atoms with Crippen LogP contribution in [-0.2, 0) is 9.53 Å². The van der Waals surface area contributed by atoms with Crippen molar-refractivity contribution in [1.82, 2.24) is 0 Å². The average molecular weight is 386 g/mol. The molecule has 1 atom stereocenters. The third kappa shape index (κ3) is 4.91. The van der Waals surface area contributed by atoms with Crippen molar-refractivity contribution in [2.45, 2.75) is 20.0 Å². The smallest absolute Gasteiger partial charge is 0.338 e. The van der Waals surface area contributed by atoms with E-state index >= 15 is 0 Å². The standard InChI is InChI=1S/C19H18N2O7/c1-11(22)13-4-7-15(8-5-13)20-18(23)12(2)28-17-9-6-14(19(24)27-3)10-16(17)21(25)26/h4-10,12H,1-3H3,(H,20,23)/t12-/m1/s1. The molecule has 1 amide bonds. The van der Waals surface area contributed by atoms with Crippen LogP contribution < -0.4 is 10.1 Å². The molecule has 0 aliphatic rings. The topological polar surface area (TPSA) is 125 Å². The molecule has 0 saturated carbocycles. The second-order valence-corrected chi connectivity index (χ2v) is 5.81. The van der Waals surface area contributed by atoms with Gasteiger partial charge in [0.2, 0.25) is 0 Å². The van der Waals surface area contributed by atoms with Gasteiger partial charge >= 0.3 is 11.7 Å². The van der Waals surface area contributed by atoms with E-state index in [1.807, 2.05) is 0 Å². The SMILES string of the molecule is COC(=O)c1ccc(O[C@H](C)C(=O)Nc2ccc(C(C)=O)cc2)c([N+](=O)[O-])c1. The lowest BCUT2D eigenvalue weighted by Crippen LogP contribution is -2.30. The minimum atomic E-state index is -1.06. The molecule has 0 bridgehead atoms. The van der Waals surface area contributed by atoms with Crippen LogP contribution in [0.3, 0.4) is 0 Å². The van der Waals surface area contributed by atoms with Gasteiger partial charge in [-0.1, -0.05) is 0 Å². The number of nitrogens with zero attached hydrogens (tertiary/aromatic N) is 1. The number of methoxy groups -OCH3 is 1. The van der Waals surface area contributed by atoms with Crippen LogP contribution in [0.1, 0.15) is 34.6 Å². The van der Waals surface area contributed by atoms with Gasteiger partial charge < -0.3 is 14.8 Å². The number of nitrogens with one attached hydrogen (secondary N) is 1. The van der Waals surface area contributed by atoms with E-state index in [1.54, 1.807) is 24.3 Å². The van der Waals surface area contributed by atoms with E-state index in [0.717, 1.165) is 13.2 Å². The molecule has 0 saturated heterocycles. The number of esters is 1. The molecule has 0 radical (unpaired) electrons. The summed E-state index contributed by atoms with van der Waals surface area (Å²) < 4.78 is 9.94. The molecule has 0 spiro atoms. The van der Waals surface area contributed by atoms with Gasteiger partial charge in [0.25, 0.3) is 5.91 Å². The maximum absolute atomic E-state index is 12.3. The Bertz CT molecular complexity index is 922. The van der Waals surface area contributed by atoms with E-state index in [0.29, 0.717) is 11.3 Å². The summed E-state index contributed by atoms with van der Waals surface area (Å²) in [5.74, 6) is -1.53. The average Bonchev–Trinajstić information content (AvgIpc) is 2.67. The fourth-order valence-electron chi connectivity index (χ4n) is 2.28. The molecule has 2 rings (SSSR count). The highest BCUT2D eigenvalue weighted by atomic mass is 16.6. The largest absolute Gasteiger partial charge is 0.474 e. The minimum Gasteiger partial charge on any atom is -0.474 e. The fourth-order valence-corrected chi connectivity index (χ4v) is 2.28. The lowest BCUT2D eigenvalue weighted by atomic mass is 10.1. The number of hydrogen-bond donors (Lipinski definition) is 1. The van der Waals surface area contributed by atoms with Crippen LogP contribution in [0.15, 0.2) is 42.5 Å². The van der Waals surface area contributed by atoms with Crippen molar-refractivity contribution in [3.8, 4) is 5.75 Å². The molecule has 0 aromatic heterocycles. The molecule has 1 N–H and O–H groups in total. The Kier molecular flexibility index (Phi) is 6.43. The van der Waals surface area contributed by atoms with E-state index in [4.69, 9.17) is 4.74 Å². The number of ketones is 1. The summed E-state index contributed by atoms with van der Waals surface area (Å²) in [6.45, 7) is 2.86. The van der Waals surface area contributed by atoms with Gasteiger partial charge in [0.15, 0.2) is 17.6 Å². The molecule has 9 nitrogen and oxygen atoms in total. The molecule has 0 aliphatic carbocycles. The first-order valence-electron chi connectivity index (χ1n) is 8.18. The van der Waals surface area contributed by atoms with Crippen molar-refractivity contribution >= 4 is 29.0 Å². The third-order valence-corrected chi connectivity index (χ3v) is 3.81. The van der Waals surface area contributed by atoms with Crippen LogP contribution in [0.5, 0.6) is 5.75 Å². The highest BCUT2D eigenvalue weighted by molar-refractivity contribution is 5.97. The molecule has 0 heterocycles. The van der Waals surface area contributed by atoms with E-state index in [-0.39, 0.29) is 17.1 Å². The zero-order chi connectivity index (χ0) is 20.8. The number of nitro benzene ring substituents is 1. The summed E-state index contributed by atoms with van der Waals surface area (Å²) in [5.41, 5.74) is 0.474. The summed E-state index contributed by atoms with van der Waals surface area (Å²) in [6.07, 6.45) is -1.06. The van der Waals surface area contributed by atoms with Crippen LogP contribution in [0.4, 0.5) is 11.4 Å². The molecule has 9 heteroatoms. The van der Waals surface area contributed by atoms with Crippen molar-refractivity contribution in [3.63, 3.8) is 0 Å². The summed E-state index contributed by atoms with van der Waals surface area (Å²) in [6, 6.07) is 9.82. The second-order valence-electron chi connectivity index (χ2n) is 5.81. The van der Waals surface area contributed by atoms with Crippen LogP contribution in [0, 0.1) is 10.1 Å². The Morgan fingerprint density at radius 1 is 1.07 bits per heavy atom. The van der Waals surface area contributed by atoms with Crippen molar-refractivity contribution < 1.29 is 28.8 Å². The van der Waals surface area contributed by atoms with Crippen LogP contribution >= 0.6 is 0 Å². The van der Waals surface area contributed by atoms with Crippen molar-refractivity contribution in [1.29, 1.82) is 0 Å². The molecule has 146 valence electrons. The van der Waals surface area contributed by atoms with E-state index < -0.39 is 28.6 Å². The predicted molar refractivity (Wildman–Crippen MR) is 99.6 cm³/mol. The van der Waals surface area contributed by atoms with Crippen LogP contribution in [0.2, 0.25) is 0 Å². The van der Waals surface area contributed by atoms with Crippen LogP contribution in [-0.4, -0.2) is 35.8 Å². The van der Waals surface area contributed by atoms with E-state index in [2.05, 4.69) is 10.1 Å². The maximum atomic E-state index is 12.3. The Hall–Kier alpha value is -3.75. The number of ether oxygens (including phenoxy) is 2. The number of rotatable bonds is 7. The number of Topliss-reactive ketones (excluding diaryl/α,β-unsaturated/α-hetero) is 1. The van der Waals surface area contributed by atoms with Gasteiger partial charge in [-0.05, 0) is 50.2 Å². The van der Waals surface area contributed by atoms with Gasteiger partial charge in [0, 0.05) is 17.3 Å². The van der Waals surface area contributed by atoms with E-state index in [1.165, 1.54) is 26.0 Å². The Morgan fingerprint density at radius 2 is 1.68 bits per heavy atom. The first kappa shape index (κ1) is 20.6. The number of anilines is 1. The summed E-state index contributed by atoms with van der Waals surface area (Å²) in [5, 5.41) is 13.9. The number of hydrogen-bond acceptors (Lipinski definition) is 7. The predicted octanol–water partition coefficient (Wildman–Crippen LogP) is 2.99. The van der Waals surface area contributed by atoms with Crippen molar-refractivity contribution in [2.24, 2.45) is 0 Å². The Balaban J connectivity index is 2.13. The zero-order valence-corrected chi connectivity index (χ0v) is 15.4.